The van der Waals surface area contributed by atoms with E-state index in [1.54, 1.807) is 0 Å². The summed E-state index contributed by atoms with van der Waals surface area (Å²) < 4.78 is 28.3. The molecule has 0 radical (unpaired) electrons. The summed E-state index contributed by atoms with van der Waals surface area (Å²) in [6.45, 7) is 3.57. The molecule has 1 aliphatic carbocycles. The molecule has 0 saturated heterocycles. The first kappa shape index (κ1) is 24.8. The van der Waals surface area contributed by atoms with E-state index in [-0.39, 0.29) is 47.4 Å². The van der Waals surface area contributed by atoms with Gasteiger partial charge in [0.1, 0.15) is 17.2 Å². The Balaban J connectivity index is 0.00000306. The lowest BCUT2D eigenvalue weighted by atomic mass is 9.72. The number of hydrogen-bond acceptors (Lipinski definition) is 5. The molecule has 1 spiro atoms. The average molecular weight is 528 g/mol. The van der Waals surface area contributed by atoms with E-state index in [0.717, 1.165) is 6.07 Å². The van der Waals surface area contributed by atoms with E-state index in [4.69, 9.17) is 0 Å². The molecule has 11 heteroatoms. The summed E-state index contributed by atoms with van der Waals surface area (Å²) in [7, 11) is 0. The highest BCUT2D eigenvalue weighted by Gasteiger charge is 2.52. The van der Waals surface area contributed by atoms with E-state index in [1.165, 1.54) is 21.7 Å². The molecule has 1 fully saturated rings. The summed E-state index contributed by atoms with van der Waals surface area (Å²) >= 11 is 0. The number of carbonyl (C=O) groups excluding carboxylic acids is 2. The van der Waals surface area contributed by atoms with Gasteiger partial charge in [0.25, 0.3) is 11.8 Å². The van der Waals surface area contributed by atoms with Crippen LogP contribution in [-0.2, 0) is 12.1 Å². The first-order chi connectivity index (χ1) is 15.0. The van der Waals surface area contributed by atoms with Crippen LogP contribution in [0.2, 0.25) is 0 Å². The van der Waals surface area contributed by atoms with Crippen LogP contribution in [0, 0.1) is 11.6 Å². The van der Waals surface area contributed by atoms with E-state index in [1.807, 2.05) is 13.8 Å². The molecule has 1 aromatic carbocycles. The number of amides is 2. The van der Waals surface area contributed by atoms with E-state index in [2.05, 4.69) is 5.32 Å². The number of aliphatic hydroxyl groups excluding tert-OH is 1. The summed E-state index contributed by atoms with van der Waals surface area (Å²) in [5.41, 5.74) is -2.40. The van der Waals surface area contributed by atoms with E-state index in [9.17, 15) is 33.4 Å². The number of nitrogens with one attached hydrogen (secondary N) is 1. The van der Waals surface area contributed by atoms with Crippen molar-refractivity contribution in [2.75, 3.05) is 6.54 Å². The number of pyridine rings is 1. The Hall–Kier alpha value is -2.79. The third-order valence-corrected chi connectivity index (χ3v) is 6.18. The van der Waals surface area contributed by atoms with Crippen molar-refractivity contribution in [3.63, 3.8) is 0 Å². The first-order valence-corrected chi connectivity index (χ1v) is 10.2. The van der Waals surface area contributed by atoms with Gasteiger partial charge in [-0.1, -0.05) is 6.07 Å². The van der Waals surface area contributed by atoms with Gasteiger partial charge in [-0.2, -0.15) is 0 Å². The minimum atomic E-state index is -1.03. The van der Waals surface area contributed by atoms with Gasteiger partial charge in [0.05, 0.1) is 11.6 Å². The molecule has 8 nitrogen and oxygen atoms in total. The zero-order valence-corrected chi connectivity index (χ0v) is 19.7. The van der Waals surface area contributed by atoms with Crippen LogP contribution in [0.25, 0.3) is 0 Å². The fourth-order valence-electron chi connectivity index (χ4n) is 4.44. The summed E-state index contributed by atoms with van der Waals surface area (Å²) in [4.78, 5) is 39.9. The van der Waals surface area contributed by atoms with Crippen molar-refractivity contribution in [1.82, 2.24) is 14.8 Å². The molecule has 2 amide bonds. The van der Waals surface area contributed by atoms with E-state index < -0.39 is 51.8 Å². The Morgan fingerprint density at radius 3 is 2.52 bits per heavy atom. The Morgan fingerprint density at radius 1 is 1.27 bits per heavy atom. The van der Waals surface area contributed by atoms with Gasteiger partial charge in [-0.25, -0.2) is 8.78 Å². The van der Waals surface area contributed by atoms with Gasteiger partial charge in [-0.05, 0) is 32.8 Å². The fourth-order valence-corrected chi connectivity index (χ4v) is 4.44. The second-order valence-electron chi connectivity index (χ2n) is 8.67. The first-order valence-electron chi connectivity index (χ1n) is 10.2. The van der Waals surface area contributed by atoms with Crippen molar-refractivity contribution in [2.45, 2.75) is 50.9 Å². The van der Waals surface area contributed by atoms with Crippen LogP contribution in [0.3, 0.4) is 0 Å². The number of rotatable bonds is 4. The summed E-state index contributed by atoms with van der Waals surface area (Å²) in [5.74, 6) is -3.87. The third kappa shape index (κ3) is 4.15. The quantitative estimate of drug-likeness (QED) is 0.563. The molecule has 2 heterocycles. The second-order valence-corrected chi connectivity index (χ2v) is 8.67. The van der Waals surface area contributed by atoms with Gasteiger partial charge in [-0.15, -0.1) is 17.0 Å². The predicted molar refractivity (Wildman–Crippen MR) is 120 cm³/mol. The molecular weight excluding hydrogens is 504 g/mol. The topological polar surface area (TPSA) is 112 Å². The highest BCUT2D eigenvalue weighted by atomic mass is 79.9. The van der Waals surface area contributed by atoms with Gasteiger partial charge in [0.2, 0.25) is 5.43 Å². The van der Waals surface area contributed by atoms with Crippen molar-refractivity contribution in [1.29, 1.82) is 0 Å². The average Bonchev–Trinajstić information content (AvgIpc) is 2.70. The maximum Gasteiger partial charge on any atom is 0.274 e. The molecule has 3 N–H and O–H groups in total. The van der Waals surface area contributed by atoms with Crippen LogP contribution in [0.15, 0.2) is 29.2 Å². The lowest BCUT2D eigenvalue weighted by molar-refractivity contribution is -0.0528. The van der Waals surface area contributed by atoms with Gasteiger partial charge >= 0.3 is 0 Å². The Kier molecular flexibility index (Phi) is 6.67. The van der Waals surface area contributed by atoms with Crippen molar-refractivity contribution >= 4 is 28.8 Å². The zero-order valence-electron chi connectivity index (χ0n) is 18.0. The zero-order chi connectivity index (χ0) is 23.4. The summed E-state index contributed by atoms with van der Waals surface area (Å²) in [5, 5.41) is 22.9. The number of aliphatic hydroxyl groups is 1. The smallest absolute Gasteiger partial charge is 0.274 e. The Labute approximate surface area is 198 Å². The highest BCUT2D eigenvalue weighted by molar-refractivity contribution is 8.93. The lowest BCUT2D eigenvalue weighted by Crippen LogP contribution is -2.63. The normalized spacial score (nSPS) is 21.5. The number of halogens is 3. The van der Waals surface area contributed by atoms with Crippen LogP contribution in [0.4, 0.5) is 8.78 Å². The van der Waals surface area contributed by atoms with E-state index in [0.29, 0.717) is 18.9 Å². The Bertz CT molecular complexity index is 1180. The maximum atomic E-state index is 13.8. The molecule has 0 atom stereocenters. The maximum absolute atomic E-state index is 13.8. The van der Waals surface area contributed by atoms with Crippen molar-refractivity contribution < 1.29 is 28.6 Å². The molecule has 33 heavy (non-hydrogen) atoms. The molecule has 1 aromatic heterocycles. The predicted octanol–water partition coefficient (Wildman–Crippen LogP) is 2.05. The largest absolute Gasteiger partial charge is 0.503 e. The molecular formula is C22H24BrF2N3O5. The van der Waals surface area contributed by atoms with E-state index >= 15 is 0 Å². The van der Waals surface area contributed by atoms with Crippen molar-refractivity contribution in [2.24, 2.45) is 0 Å². The number of aromatic nitrogens is 1. The monoisotopic (exact) mass is 527 g/mol. The van der Waals surface area contributed by atoms with Crippen LogP contribution in [0.1, 0.15) is 53.1 Å². The number of aromatic hydroxyl groups is 1. The minimum Gasteiger partial charge on any atom is -0.503 e. The van der Waals surface area contributed by atoms with Crippen molar-refractivity contribution in [3.8, 4) is 5.75 Å². The minimum absolute atomic E-state index is 0. The van der Waals surface area contributed by atoms with Crippen molar-refractivity contribution in [3.05, 3.63) is 63.1 Å². The number of hydrogen-bond donors (Lipinski definition) is 3. The van der Waals surface area contributed by atoms with Gasteiger partial charge in [0.15, 0.2) is 11.4 Å². The number of fused-ring (bicyclic) bond motifs is 2. The standard InChI is InChI=1S/C22H23F2N3O5.BrH/c1-11(2)26-10-22(6-14(28)7-22)27-9-15(18(29)19(30)17(27)21(26)32)20(31)25-8-12-3-4-13(23)5-16(12)24;/h3-5,9,11,14,28,30H,6-8,10H2,1-2H3,(H,25,31);1H/t14-,22+;. The molecule has 2 aromatic rings. The fraction of sp³-hybridized carbons (Fsp3) is 0.409. The lowest BCUT2D eigenvalue weighted by Gasteiger charge is -2.53. The molecule has 178 valence electrons. The van der Waals surface area contributed by atoms with Gasteiger partial charge in [-0.3, -0.25) is 14.4 Å². The molecule has 1 saturated carbocycles. The SMILES string of the molecule is Br.CC(C)N1C[C@]2(C[C@H](O)C2)n2cc(C(=O)NCc3ccc(F)cc3F)c(=O)c(O)c2C1=O. The number of carbonyl (C=O) groups is 2. The van der Waals surface area contributed by atoms with Crippen LogP contribution < -0.4 is 10.7 Å². The highest BCUT2D eigenvalue weighted by Crippen LogP contribution is 2.45. The van der Waals surface area contributed by atoms with Gasteiger partial charge in [0, 0.05) is 37.0 Å². The Morgan fingerprint density at radius 2 is 1.94 bits per heavy atom. The van der Waals surface area contributed by atoms with Crippen LogP contribution >= 0.6 is 17.0 Å². The summed E-state index contributed by atoms with van der Waals surface area (Å²) in [6, 6.07) is 2.70. The molecule has 0 unspecified atom stereocenters. The second kappa shape index (κ2) is 8.86. The molecule has 1 aliphatic heterocycles. The number of nitrogens with zero attached hydrogens (tertiary/aromatic N) is 2. The van der Waals surface area contributed by atoms with Gasteiger partial charge < -0.3 is 25.0 Å². The molecule has 4 rings (SSSR count). The third-order valence-electron chi connectivity index (χ3n) is 6.18. The van der Waals surface area contributed by atoms with Crippen LogP contribution in [-0.4, -0.2) is 50.2 Å². The molecule has 2 aliphatic rings. The number of benzene rings is 1. The van der Waals surface area contributed by atoms with Crippen LogP contribution in [0.5, 0.6) is 5.75 Å². The summed E-state index contributed by atoms with van der Waals surface area (Å²) in [6.07, 6.45) is 1.20. The molecule has 0 bridgehead atoms.